The van der Waals surface area contributed by atoms with Crippen LogP contribution in [0.3, 0.4) is 0 Å². The highest BCUT2D eigenvalue weighted by Crippen LogP contribution is 2.29. The summed E-state index contributed by atoms with van der Waals surface area (Å²) < 4.78 is 5.36. The molecule has 3 aliphatic rings. The van der Waals surface area contributed by atoms with Crippen molar-refractivity contribution in [2.75, 3.05) is 39.4 Å². The molecule has 9 heteroatoms. The SMILES string of the molecule is N[C@H](CCCCN1CCOCC1)C(=O)N1CC[C@H]1C(=O)NCc1cnc2c(c1)C(Cl)=CC2. The van der Waals surface area contributed by atoms with E-state index in [0.717, 1.165) is 68.9 Å². The van der Waals surface area contributed by atoms with E-state index in [1.165, 1.54) is 0 Å². The molecule has 0 radical (unpaired) electrons. The first-order valence-electron chi connectivity index (χ1n) is 11.5. The van der Waals surface area contributed by atoms with Gasteiger partial charge in [0.2, 0.25) is 11.8 Å². The third-order valence-corrected chi connectivity index (χ3v) is 6.85. The van der Waals surface area contributed by atoms with Gasteiger partial charge in [0.15, 0.2) is 0 Å². The molecule has 0 saturated carbocycles. The van der Waals surface area contributed by atoms with Crippen LogP contribution in [0.15, 0.2) is 18.3 Å². The van der Waals surface area contributed by atoms with Crippen LogP contribution < -0.4 is 11.1 Å². The third kappa shape index (κ3) is 5.49. The average molecular weight is 462 g/mol. The molecule has 2 amide bonds. The lowest BCUT2D eigenvalue weighted by molar-refractivity contribution is -0.148. The zero-order valence-corrected chi connectivity index (χ0v) is 19.1. The Morgan fingerprint density at radius 2 is 2.09 bits per heavy atom. The van der Waals surface area contributed by atoms with Gasteiger partial charge in [-0.1, -0.05) is 24.1 Å². The number of rotatable bonds is 9. The third-order valence-electron chi connectivity index (χ3n) is 6.49. The van der Waals surface area contributed by atoms with Gasteiger partial charge < -0.3 is 20.7 Å². The lowest BCUT2D eigenvalue weighted by atomic mass is 9.99. The zero-order chi connectivity index (χ0) is 22.5. The molecule has 1 aromatic heterocycles. The van der Waals surface area contributed by atoms with E-state index >= 15 is 0 Å². The fourth-order valence-electron chi connectivity index (χ4n) is 4.39. The maximum absolute atomic E-state index is 12.7. The molecule has 3 N–H and O–H groups in total. The molecule has 0 unspecified atom stereocenters. The van der Waals surface area contributed by atoms with Crippen molar-refractivity contribution < 1.29 is 14.3 Å². The van der Waals surface area contributed by atoms with Crippen molar-refractivity contribution >= 4 is 28.4 Å². The van der Waals surface area contributed by atoms with Crippen molar-refractivity contribution in [2.45, 2.75) is 50.7 Å². The monoisotopic (exact) mass is 461 g/mol. The van der Waals surface area contributed by atoms with Crippen molar-refractivity contribution in [3.8, 4) is 0 Å². The van der Waals surface area contributed by atoms with Gasteiger partial charge in [0.05, 0.1) is 24.9 Å². The van der Waals surface area contributed by atoms with Gasteiger partial charge in [-0.05, 0) is 37.4 Å². The number of hydrogen-bond donors (Lipinski definition) is 2. The van der Waals surface area contributed by atoms with E-state index in [9.17, 15) is 9.59 Å². The predicted octanol–water partition coefficient (Wildman–Crippen LogP) is 1.26. The maximum Gasteiger partial charge on any atom is 0.243 e. The molecule has 1 aromatic rings. The maximum atomic E-state index is 12.7. The number of nitrogens with one attached hydrogen (secondary N) is 1. The summed E-state index contributed by atoms with van der Waals surface area (Å²) in [6.45, 7) is 5.49. The van der Waals surface area contributed by atoms with Crippen LogP contribution in [-0.4, -0.2) is 78.1 Å². The number of nitrogens with two attached hydrogens (primary N) is 1. The second kappa shape index (κ2) is 10.7. The number of ether oxygens (including phenoxy) is 1. The first-order valence-corrected chi connectivity index (χ1v) is 11.9. The second-order valence-electron chi connectivity index (χ2n) is 8.70. The zero-order valence-electron chi connectivity index (χ0n) is 18.4. The number of nitrogens with zero attached hydrogens (tertiary/aromatic N) is 3. The summed E-state index contributed by atoms with van der Waals surface area (Å²) in [5, 5.41) is 3.63. The number of carbonyl (C=O) groups is 2. The summed E-state index contributed by atoms with van der Waals surface area (Å²) >= 11 is 6.20. The average Bonchev–Trinajstić information content (AvgIpc) is 3.15. The Morgan fingerprint density at radius 1 is 1.28 bits per heavy atom. The van der Waals surface area contributed by atoms with Crippen molar-refractivity contribution in [3.05, 3.63) is 35.2 Å². The molecule has 0 bridgehead atoms. The molecule has 8 nitrogen and oxygen atoms in total. The number of aromatic nitrogens is 1. The highest BCUT2D eigenvalue weighted by molar-refractivity contribution is 6.49. The Bertz CT molecular complexity index is 871. The first-order chi connectivity index (χ1) is 15.5. The quantitative estimate of drug-likeness (QED) is 0.537. The number of pyridine rings is 1. The fourth-order valence-corrected chi connectivity index (χ4v) is 4.63. The molecular weight excluding hydrogens is 430 g/mol. The van der Waals surface area contributed by atoms with Crippen LogP contribution in [0.5, 0.6) is 0 Å². The summed E-state index contributed by atoms with van der Waals surface area (Å²) in [4.78, 5) is 33.8. The Morgan fingerprint density at radius 3 is 2.84 bits per heavy atom. The minimum absolute atomic E-state index is 0.126. The Balaban J connectivity index is 1.18. The molecule has 174 valence electrons. The number of halogens is 1. The van der Waals surface area contributed by atoms with Gasteiger partial charge in [-0.3, -0.25) is 19.5 Å². The molecule has 0 spiro atoms. The molecule has 32 heavy (non-hydrogen) atoms. The Kier molecular flexibility index (Phi) is 7.78. The Labute approximate surface area is 194 Å². The van der Waals surface area contributed by atoms with Gasteiger partial charge in [-0.15, -0.1) is 0 Å². The normalized spacial score (nSPS) is 21.5. The fraction of sp³-hybridized carbons (Fsp3) is 0.609. The second-order valence-corrected chi connectivity index (χ2v) is 9.11. The number of amides is 2. The van der Waals surface area contributed by atoms with E-state index in [2.05, 4.69) is 15.2 Å². The van der Waals surface area contributed by atoms with E-state index in [4.69, 9.17) is 22.1 Å². The number of fused-ring (bicyclic) bond motifs is 1. The van der Waals surface area contributed by atoms with Crippen LogP contribution in [0.4, 0.5) is 0 Å². The highest BCUT2D eigenvalue weighted by atomic mass is 35.5. The number of likely N-dealkylation sites (tertiary alicyclic amines) is 1. The van der Waals surface area contributed by atoms with Crippen molar-refractivity contribution in [3.63, 3.8) is 0 Å². The summed E-state index contributed by atoms with van der Waals surface area (Å²) in [6.07, 6.45) is 7.66. The number of allylic oxidation sites excluding steroid dienone is 1. The summed E-state index contributed by atoms with van der Waals surface area (Å²) in [7, 11) is 0. The molecular formula is C23H32ClN5O3. The van der Waals surface area contributed by atoms with Gasteiger partial charge in [-0.25, -0.2) is 0 Å². The van der Waals surface area contributed by atoms with Gasteiger partial charge in [0.25, 0.3) is 0 Å². The number of carbonyl (C=O) groups excluding carboxylic acids is 2. The summed E-state index contributed by atoms with van der Waals surface area (Å²) in [5.74, 6) is -0.273. The molecule has 0 aromatic carbocycles. The van der Waals surface area contributed by atoms with E-state index in [1.54, 1.807) is 11.1 Å². The molecule has 3 heterocycles. The molecule has 2 saturated heterocycles. The van der Waals surface area contributed by atoms with E-state index in [1.807, 2.05) is 12.1 Å². The van der Waals surface area contributed by atoms with Gasteiger partial charge in [0, 0.05) is 49.4 Å². The topological polar surface area (TPSA) is 101 Å². The predicted molar refractivity (Wildman–Crippen MR) is 123 cm³/mol. The van der Waals surface area contributed by atoms with E-state index in [-0.39, 0.29) is 11.8 Å². The minimum Gasteiger partial charge on any atom is -0.379 e. The lowest BCUT2D eigenvalue weighted by Crippen LogP contribution is -2.61. The summed E-state index contributed by atoms with van der Waals surface area (Å²) in [5.41, 5.74) is 8.93. The summed E-state index contributed by atoms with van der Waals surface area (Å²) in [6, 6.07) is 0.975. The highest BCUT2D eigenvalue weighted by Gasteiger charge is 2.39. The van der Waals surface area contributed by atoms with Crippen LogP contribution in [-0.2, 0) is 27.3 Å². The molecule has 4 rings (SSSR count). The van der Waals surface area contributed by atoms with Gasteiger partial charge >= 0.3 is 0 Å². The first kappa shape index (κ1) is 23.2. The van der Waals surface area contributed by atoms with Crippen LogP contribution >= 0.6 is 11.6 Å². The number of unbranched alkanes of at least 4 members (excludes halogenated alkanes) is 1. The van der Waals surface area contributed by atoms with Gasteiger partial charge in [0.1, 0.15) is 6.04 Å². The smallest absolute Gasteiger partial charge is 0.243 e. The van der Waals surface area contributed by atoms with Crippen LogP contribution in [0.2, 0.25) is 0 Å². The Hall–Kier alpha value is -2.00. The van der Waals surface area contributed by atoms with Gasteiger partial charge in [-0.2, -0.15) is 0 Å². The van der Waals surface area contributed by atoms with Crippen molar-refractivity contribution in [1.82, 2.24) is 20.1 Å². The number of morpholine rings is 1. The minimum atomic E-state index is -0.551. The molecule has 2 aliphatic heterocycles. The number of hydrogen-bond acceptors (Lipinski definition) is 6. The molecule has 2 atom stereocenters. The molecule has 1 aliphatic carbocycles. The van der Waals surface area contributed by atoms with Crippen molar-refractivity contribution in [1.29, 1.82) is 0 Å². The van der Waals surface area contributed by atoms with Crippen molar-refractivity contribution in [2.24, 2.45) is 5.73 Å². The van der Waals surface area contributed by atoms with Crippen LogP contribution in [0.25, 0.3) is 5.03 Å². The standard InChI is InChI=1S/C23H32ClN5O3/c24-18-4-5-20-17(18)13-16(14-26-20)15-27-22(30)21-6-8-29(21)23(31)19(25)3-1-2-7-28-9-11-32-12-10-28/h4,13-14,19,21H,1-3,5-12,15,25H2,(H,27,30)/t19-,21+/m1/s1. The van der Waals surface area contributed by atoms with E-state index in [0.29, 0.717) is 31.0 Å². The van der Waals surface area contributed by atoms with Crippen LogP contribution in [0, 0.1) is 0 Å². The largest absolute Gasteiger partial charge is 0.379 e. The van der Waals surface area contributed by atoms with E-state index < -0.39 is 12.1 Å². The molecule has 2 fully saturated rings. The lowest BCUT2D eigenvalue weighted by Gasteiger charge is -2.41. The van der Waals surface area contributed by atoms with Crippen LogP contribution in [0.1, 0.15) is 42.5 Å².